The van der Waals surface area contributed by atoms with Gasteiger partial charge in [-0.25, -0.2) is 14.1 Å². The minimum absolute atomic E-state index is 0.258. The summed E-state index contributed by atoms with van der Waals surface area (Å²) in [6, 6.07) is 26.0. The van der Waals surface area contributed by atoms with Gasteiger partial charge in [-0.2, -0.15) is 0 Å². The molecule has 0 unspecified atom stereocenters. The van der Waals surface area contributed by atoms with Gasteiger partial charge in [0.1, 0.15) is 5.82 Å². The zero-order chi connectivity index (χ0) is 22.8. The molecule has 164 valence electrons. The van der Waals surface area contributed by atoms with Gasteiger partial charge in [0.05, 0.1) is 11.6 Å². The average molecular weight is 455 g/mol. The molecule has 3 amide bonds. The van der Waals surface area contributed by atoms with Crippen molar-refractivity contribution in [3.8, 4) is 0 Å². The van der Waals surface area contributed by atoms with Gasteiger partial charge in [-0.15, -0.1) is 0 Å². The number of nitrogens with one attached hydrogen (secondary N) is 2. The van der Waals surface area contributed by atoms with Gasteiger partial charge < -0.3 is 10.6 Å². The maximum absolute atomic E-state index is 12.5. The van der Waals surface area contributed by atoms with Crippen LogP contribution in [0.5, 0.6) is 0 Å². The van der Waals surface area contributed by atoms with Crippen LogP contribution in [0.2, 0.25) is 0 Å². The lowest BCUT2D eigenvalue weighted by Gasteiger charge is -2.16. The molecule has 5 rings (SSSR count). The Kier molecular flexibility index (Phi) is 5.71. The maximum Gasteiger partial charge on any atom is 0.338 e. The molecule has 0 radical (unpaired) electrons. The number of carbonyl (C=O) groups is 2. The Labute approximate surface area is 197 Å². The minimum Gasteiger partial charge on any atom is -0.363 e. The number of hydrogen-bond donors (Lipinski definition) is 3. The van der Waals surface area contributed by atoms with Gasteiger partial charge in [0.15, 0.2) is 0 Å². The lowest BCUT2D eigenvalue weighted by atomic mass is 10.1. The van der Waals surface area contributed by atoms with Crippen LogP contribution < -0.4 is 10.6 Å². The van der Waals surface area contributed by atoms with Crippen molar-refractivity contribution >= 4 is 47.2 Å². The lowest BCUT2D eigenvalue weighted by Crippen LogP contribution is -2.32. The molecule has 33 heavy (non-hydrogen) atoms. The van der Waals surface area contributed by atoms with Gasteiger partial charge in [0.2, 0.25) is 0 Å². The van der Waals surface area contributed by atoms with Gasteiger partial charge in [-0.05, 0) is 66.4 Å². The number of imide groups is 1. The normalized spacial score (nSPS) is 14.5. The molecule has 0 fully saturated rings. The number of pyridine rings is 1. The van der Waals surface area contributed by atoms with Crippen molar-refractivity contribution in [3.05, 3.63) is 102 Å². The summed E-state index contributed by atoms with van der Waals surface area (Å²) in [5, 5.41) is 7.14. The lowest BCUT2D eigenvalue weighted by molar-refractivity contribution is 0.0902. The van der Waals surface area contributed by atoms with Crippen molar-refractivity contribution in [1.82, 2.24) is 9.29 Å². The summed E-state index contributed by atoms with van der Waals surface area (Å²) in [5.41, 5.74) is 4.47. The molecule has 0 saturated heterocycles. The number of rotatable bonds is 4. The van der Waals surface area contributed by atoms with E-state index in [-0.39, 0.29) is 6.04 Å². The number of carbonyl (C=O) groups excluding carboxylic acids is 2. The molecule has 1 aliphatic carbocycles. The molecule has 2 N–H and O–H groups in total. The molecule has 1 aliphatic rings. The topological polar surface area (TPSA) is 74.3 Å². The second-order valence-electron chi connectivity index (χ2n) is 7.95. The highest BCUT2D eigenvalue weighted by molar-refractivity contribution is 7.79. The molecule has 4 aromatic rings. The SMILES string of the molecule is O=C(Nc1ccc2nc(N[C@@H]3CCc4ccccc43)ccc2c1)N(S)C(=O)c1ccccc1. The second-order valence-corrected chi connectivity index (χ2v) is 8.35. The van der Waals surface area contributed by atoms with Crippen molar-refractivity contribution in [2.45, 2.75) is 18.9 Å². The Morgan fingerprint density at radius 2 is 1.73 bits per heavy atom. The van der Waals surface area contributed by atoms with Crippen molar-refractivity contribution in [1.29, 1.82) is 0 Å². The van der Waals surface area contributed by atoms with Crippen molar-refractivity contribution in [2.24, 2.45) is 0 Å². The highest BCUT2D eigenvalue weighted by Crippen LogP contribution is 2.33. The number of fused-ring (bicyclic) bond motifs is 2. The largest absolute Gasteiger partial charge is 0.363 e. The van der Waals surface area contributed by atoms with Crippen molar-refractivity contribution < 1.29 is 9.59 Å². The third-order valence-electron chi connectivity index (χ3n) is 5.80. The van der Waals surface area contributed by atoms with E-state index < -0.39 is 11.9 Å². The van der Waals surface area contributed by atoms with Crippen LogP contribution in [0.25, 0.3) is 10.9 Å². The summed E-state index contributed by atoms with van der Waals surface area (Å²) < 4.78 is 0.768. The van der Waals surface area contributed by atoms with Crippen molar-refractivity contribution in [3.63, 3.8) is 0 Å². The van der Waals surface area contributed by atoms with Crippen LogP contribution in [-0.2, 0) is 6.42 Å². The number of amides is 3. The van der Waals surface area contributed by atoms with Gasteiger partial charge in [-0.3, -0.25) is 4.79 Å². The highest BCUT2D eigenvalue weighted by Gasteiger charge is 2.22. The summed E-state index contributed by atoms with van der Waals surface area (Å²) in [6.07, 6.45) is 2.12. The van der Waals surface area contributed by atoms with Gasteiger partial charge in [0.25, 0.3) is 5.91 Å². The van der Waals surface area contributed by atoms with Gasteiger partial charge in [0, 0.05) is 16.6 Å². The summed E-state index contributed by atoms with van der Waals surface area (Å²) in [6.45, 7) is 0. The molecule has 1 atom stereocenters. The molecular weight excluding hydrogens is 432 g/mol. The first kappa shape index (κ1) is 21.0. The Morgan fingerprint density at radius 1 is 0.939 bits per heavy atom. The molecule has 0 aliphatic heterocycles. The number of nitrogens with zero attached hydrogens (tertiary/aromatic N) is 2. The molecule has 7 heteroatoms. The summed E-state index contributed by atoms with van der Waals surface area (Å²) in [4.78, 5) is 29.7. The summed E-state index contributed by atoms with van der Waals surface area (Å²) in [7, 11) is 0. The summed E-state index contributed by atoms with van der Waals surface area (Å²) >= 11 is 4.07. The van der Waals surface area contributed by atoms with E-state index in [1.54, 1.807) is 36.4 Å². The van der Waals surface area contributed by atoms with Gasteiger partial charge in [-0.1, -0.05) is 55.3 Å². The molecule has 0 spiro atoms. The zero-order valence-corrected chi connectivity index (χ0v) is 18.6. The van der Waals surface area contributed by atoms with E-state index in [1.807, 2.05) is 24.3 Å². The first-order valence-corrected chi connectivity index (χ1v) is 11.1. The minimum atomic E-state index is -0.627. The predicted molar refractivity (Wildman–Crippen MR) is 133 cm³/mol. The molecule has 0 bridgehead atoms. The third-order valence-corrected chi connectivity index (χ3v) is 6.16. The standard InChI is InChI=1S/C26H22N4O2S/c31-25(18-7-2-1-3-8-18)30(33)26(32)27-20-12-14-22-19(16-20)11-15-24(28-22)29-23-13-10-17-6-4-5-9-21(17)23/h1-9,11-12,14-16,23,33H,10,13H2,(H,27,32)(H,28,29)/t23-/m1/s1. The quantitative estimate of drug-likeness (QED) is 0.338. The van der Waals surface area contributed by atoms with Crippen molar-refractivity contribution in [2.75, 3.05) is 10.6 Å². The monoisotopic (exact) mass is 454 g/mol. The van der Waals surface area contributed by atoms with Crippen LogP contribution in [0.15, 0.2) is 84.9 Å². The molecule has 3 aromatic carbocycles. The number of aryl methyl sites for hydroxylation is 1. The Morgan fingerprint density at radius 3 is 2.58 bits per heavy atom. The van der Waals surface area contributed by atoms with Crippen LogP contribution in [-0.4, -0.2) is 21.2 Å². The molecular formula is C26H22N4O2S. The first-order valence-electron chi connectivity index (χ1n) is 10.7. The molecule has 6 nitrogen and oxygen atoms in total. The number of anilines is 2. The number of urea groups is 1. The fourth-order valence-corrected chi connectivity index (χ4v) is 4.31. The molecule has 1 aromatic heterocycles. The zero-order valence-electron chi connectivity index (χ0n) is 17.7. The molecule has 1 heterocycles. The van der Waals surface area contributed by atoms with E-state index in [0.29, 0.717) is 11.3 Å². The Balaban J connectivity index is 1.28. The van der Waals surface area contributed by atoms with Crippen LogP contribution in [0, 0.1) is 0 Å². The predicted octanol–water partition coefficient (Wildman–Crippen LogP) is 5.85. The smallest absolute Gasteiger partial charge is 0.338 e. The van der Waals surface area contributed by atoms with E-state index >= 15 is 0 Å². The summed E-state index contributed by atoms with van der Waals surface area (Å²) in [5.74, 6) is 0.319. The number of thiol groups is 1. The number of aromatic nitrogens is 1. The van der Waals surface area contributed by atoms with E-state index in [4.69, 9.17) is 4.98 Å². The third kappa shape index (κ3) is 4.40. The van der Waals surface area contributed by atoms with Crippen LogP contribution in [0.4, 0.5) is 16.3 Å². The van der Waals surface area contributed by atoms with Gasteiger partial charge >= 0.3 is 6.03 Å². The number of hydrogen-bond acceptors (Lipinski definition) is 5. The van der Waals surface area contributed by atoms with Crippen LogP contribution in [0.1, 0.15) is 33.9 Å². The highest BCUT2D eigenvalue weighted by atomic mass is 32.1. The Hall–Kier alpha value is -3.84. The maximum atomic E-state index is 12.5. The average Bonchev–Trinajstić information content (AvgIpc) is 3.26. The van der Waals surface area contributed by atoms with E-state index in [9.17, 15) is 9.59 Å². The van der Waals surface area contributed by atoms with E-state index in [2.05, 4.69) is 47.7 Å². The van der Waals surface area contributed by atoms with E-state index in [0.717, 1.165) is 33.9 Å². The first-order chi connectivity index (χ1) is 16.1. The number of benzene rings is 3. The van der Waals surface area contributed by atoms with Crippen LogP contribution >= 0.6 is 12.8 Å². The fourth-order valence-electron chi connectivity index (χ4n) is 4.14. The van der Waals surface area contributed by atoms with E-state index in [1.165, 1.54) is 11.1 Å². The second kappa shape index (κ2) is 8.96. The Bertz CT molecular complexity index is 1340. The molecule has 0 saturated carbocycles. The fraction of sp³-hybridized carbons (Fsp3) is 0.115. The van der Waals surface area contributed by atoms with Crippen LogP contribution in [0.3, 0.4) is 0 Å².